The number of amides is 1. The molecule has 26 heavy (non-hydrogen) atoms. The molecule has 0 aliphatic rings. The molecule has 0 aliphatic carbocycles. The SMILES string of the molecule is CC(C)CCCCCCCCCC(=O)NN=Cc1ccc([N+](=O)[O-])cc1. The van der Waals surface area contributed by atoms with Crippen LogP contribution < -0.4 is 5.43 Å². The van der Waals surface area contributed by atoms with Gasteiger partial charge in [-0.15, -0.1) is 0 Å². The van der Waals surface area contributed by atoms with Crippen LogP contribution in [0.1, 0.15) is 77.2 Å². The van der Waals surface area contributed by atoms with Gasteiger partial charge in [-0.05, 0) is 30.0 Å². The number of benzene rings is 1. The number of hydrogen-bond acceptors (Lipinski definition) is 4. The van der Waals surface area contributed by atoms with E-state index in [1.165, 1.54) is 56.9 Å². The maximum atomic E-state index is 11.7. The monoisotopic (exact) mass is 361 g/mol. The Kier molecular flexibility index (Phi) is 10.9. The van der Waals surface area contributed by atoms with Crippen molar-refractivity contribution < 1.29 is 9.72 Å². The van der Waals surface area contributed by atoms with Gasteiger partial charge in [0.2, 0.25) is 5.91 Å². The summed E-state index contributed by atoms with van der Waals surface area (Å²) in [5.41, 5.74) is 3.23. The van der Waals surface area contributed by atoms with Crippen LogP contribution in [0.25, 0.3) is 0 Å². The summed E-state index contributed by atoms with van der Waals surface area (Å²) in [5.74, 6) is 0.705. The smallest absolute Gasteiger partial charge is 0.269 e. The lowest BCUT2D eigenvalue weighted by molar-refractivity contribution is -0.384. The van der Waals surface area contributed by atoms with Crippen molar-refractivity contribution in [3.63, 3.8) is 0 Å². The van der Waals surface area contributed by atoms with E-state index >= 15 is 0 Å². The first-order chi connectivity index (χ1) is 12.5. The van der Waals surface area contributed by atoms with Crippen LogP contribution in [0.2, 0.25) is 0 Å². The standard InChI is InChI=1S/C20H31N3O3/c1-17(2)10-8-6-4-3-5-7-9-11-20(24)22-21-16-18-12-14-19(15-13-18)23(25)26/h12-17H,3-11H2,1-2H3,(H,22,24). The van der Waals surface area contributed by atoms with Crippen LogP contribution in [0.5, 0.6) is 0 Å². The second kappa shape index (κ2) is 13.0. The van der Waals surface area contributed by atoms with Gasteiger partial charge in [-0.2, -0.15) is 5.10 Å². The lowest BCUT2D eigenvalue weighted by Gasteiger charge is -2.04. The minimum atomic E-state index is -0.450. The van der Waals surface area contributed by atoms with Crippen molar-refractivity contribution in [3.05, 3.63) is 39.9 Å². The van der Waals surface area contributed by atoms with Crippen LogP contribution in [0.3, 0.4) is 0 Å². The second-order valence-corrected chi connectivity index (χ2v) is 7.05. The summed E-state index contributed by atoms with van der Waals surface area (Å²) in [4.78, 5) is 21.8. The Morgan fingerprint density at radius 2 is 1.65 bits per heavy atom. The quantitative estimate of drug-likeness (QED) is 0.226. The lowest BCUT2D eigenvalue weighted by Crippen LogP contribution is -2.16. The number of carbonyl (C=O) groups excluding carboxylic acids is 1. The molecule has 1 amide bonds. The van der Waals surface area contributed by atoms with Gasteiger partial charge in [0.05, 0.1) is 11.1 Å². The summed E-state index contributed by atoms with van der Waals surface area (Å²) >= 11 is 0. The normalized spacial score (nSPS) is 11.2. The Hall–Kier alpha value is -2.24. The largest absolute Gasteiger partial charge is 0.273 e. The first-order valence-corrected chi connectivity index (χ1v) is 9.55. The van der Waals surface area contributed by atoms with E-state index in [0.717, 1.165) is 18.8 Å². The zero-order valence-corrected chi connectivity index (χ0v) is 15.9. The summed E-state index contributed by atoms with van der Waals surface area (Å²) < 4.78 is 0. The highest BCUT2D eigenvalue weighted by Crippen LogP contribution is 2.13. The van der Waals surface area contributed by atoms with Crippen molar-refractivity contribution in [2.75, 3.05) is 0 Å². The summed E-state index contributed by atoms with van der Waals surface area (Å²) in [7, 11) is 0. The molecule has 1 N–H and O–H groups in total. The molecule has 1 aromatic rings. The summed E-state index contributed by atoms with van der Waals surface area (Å²) in [6.45, 7) is 4.53. The van der Waals surface area contributed by atoms with Crippen LogP contribution in [-0.2, 0) is 4.79 Å². The third-order valence-electron chi connectivity index (χ3n) is 4.19. The van der Waals surface area contributed by atoms with Gasteiger partial charge in [0, 0.05) is 18.6 Å². The van der Waals surface area contributed by atoms with Crippen molar-refractivity contribution >= 4 is 17.8 Å². The number of nitro groups is 1. The highest BCUT2D eigenvalue weighted by molar-refractivity contribution is 5.82. The molecule has 0 fully saturated rings. The first kappa shape index (κ1) is 21.8. The van der Waals surface area contributed by atoms with Crippen LogP contribution in [-0.4, -0.2) is 17.0 Å². The van der Waals surface area contributed by atoms with Gasteiger partial charge in [0.1, 0.15) is 0 Å². The molecule has 0 heterocycles. The van der Waals surface area contributed by atoms with Crippen LogP contribution >= 0.6 is 0 Å². The fraction of sp³-hybridized carbons (Fsp3) is 0.600. The molecule has 6 nitrogen and oxygen atoms in total. The molecule has 0 saturated carbocycles. The maximum absolute atomic E-state index is 11.7. The Labute approximate surface area is 156 Å². The second-order valence-electron chi connectivity index (χ2n) is 7.05. The highest BCUT2D eigenvalue weighted by Gasteiger charge is 2.03. The number of nitrogens with one attached hydrogen (secondary N) is 1. The molecule has 0 unspecified atom stereocenters. The Balaban J connectivity index is 2.05. The molecular formula is C20H31N3O3. The van der Waals surface area contributed by atoms with Crippen molar-refractivity contribution in [2.24, 2.45) is 11.0 Å². The molecule has 0 atom stereocenters. The molecule has 1 aromatic carbocycles. The van der Waals surface area contributed by atoms with Gasteiger partial charge in [0.25, 0.3) is 5.69 Å². The number of nitro benzene ring substituents is 1. The number of rotatable bonds is 13. The molecule has 0 saturated heterocycles. The van der Waals surface area contributed by atoms with E-state index in [1.54, 1.807) is 12.1 Å². The average Bonchev–Trinajstić information content (AvgIpc) is 2.60. The van der Waals surface area contributed by atoms with Gasteiger partial charge in [-0.25, -0.2) is 5.43 Å². The topological polar surface area (TPSA) is 84.6 Å². The molecule has 0 aromatic heterocycles. The van der Waals surface area contributed by atoms with Gasteiger partial charge in [-0.1, -0.05) is 58.8 Å². The van der Waals surface area contributed by atoms with E-state index in [2.05, 4.69) is 24.4 Å². The molecule has 6 heteroatoms. The van der Waals surface area contributed by atoms with Gasteiger partial charge in [-0.3, -0.25) is 14.9 Å². The molecule has 1 rings (SSSR count). The van der Waals surface area contributed by atoms with E-state index in [0.29, 0.717) is 12.0 Å². The number of carbonyl (C=O) groups is 1. The van der Waals surface area contributed by atoms with Crippen molar-refractivity contribution in [3.8, 4) is 0 Å². The van der Waals surface area contributed by atoms with Crippen molar-refractivity contribution in [1.82, 2.24) is 5.43 Å². The number of non-ortho nitro benzene ring substituents is 1. The first-order valence-electron chi connectivity index (χ1n) is 9.55. The lowest BCUT2D eigenvalue weighted by atomic mass is 10.0. The molecule has 0 spiro atoms. The van der Waals surface area contributed by atoms with Crippen LogP contribution in [0.15, 0.2) is 29.4 Å². The highest BCUT2D eigenvalue weighted by atomic mass is 16.6. The predicted molar refractivity (Wildman–Crippen MR) is 105 cm³/mol. The fourth-order valence-electron chi connectivity index (χ4n) is 2.64. The van der Waals surface area contributed by atoms with Crippen molar-refractivity contribution in [1.29, 1.82) is 0 Å². The summed E-state index contributed by atoms with van der Waals surface area (Å²) in [6, 6.07) is 6.00. The Morgan fingerprint density at radius 1 is 1.08 bits per heavy atom. The summed E-state index contributed by atoms with van der Waals surface area (Å²) in [6.07, 6.45) is 11.6. The number of unbranched alkanes of at least 4 members (excludes halogenated alkanes) is 6. The van der Waals surface area contributed by atoms with Gasteiger partial charge >= 0.3 is 0 Å². The molecule has 0 aliphatic heterocycles. The summed E-state index contributed by atoms with van der Waals surface area (Å²) in [5, 5.41) is 14.5. The van der Waals surface area contributed by atoms with E-state index in [9.17, 15) is 14.9 Å². The zero-order valence-electron chi connectivity index (χ0n) is 15.9. The Bertz CT molecular complexity index is 568. The van der Waals surface area contributed by atoms with E-state index in [1.807, 2.05) is 0 Å². The minimum absolute atomic E-state index is 0.0334. The van der Waals surface area contributed by atoms with E-state index in [4.69, 9.17) is 0 Å². The van der Waals surface area contributed by atoms with E-state index in [-0.39, 0.29) is 11.6 Å². The van der Waals surface area contributed by atoms with Gasteiger partial charge in [0.15, 0.2) is 0 Å². The zero-order chi connectivity index (χ0) is 19.2. The Morgan fingerprint density at radius 3 is 2.23 bits per heavy atom. The van der Waals surface area contributed by atoms with Gasteiger partial charge < -0.3 is 0 Å². The third-order valence-corrected chi connectivity index (χ3v) is 4.19. The maximum Gasteiger partial charge on any atom is 0.269 e. The fourth-order valence-corrected chi connectivity index (χ4v) is 2.64. The number of hydrazone groups is 1. The molecule has 0 radical (unpaired) electrons. The van der Waals surface area contributed by atoms with E-state index < -0.39 is 4.92 Å². The number of hydrogen-bond donors (Lipinski definition) is 1. The third kappa shape index (κ3) is 10.6. The molecule has 0 bridgehead atoms. The van der Waals surface area contributed by atoms with Crippen LogP contribution in [0.4, 0.5) is 5.69 Å². The minimum Gasteiger partial charge on any atom is -0.273 e. The molecule has 144 valence electrons. The number of nitrogens with zero attached hydrogens (tertiary/aromatic N) is 2. The predicted octanol–water partition coefficient (Wildman–Crippen LogP) is 5.21. The van der Waals surface area contributed by atoms with Crippen molar-refractivity contribution in [2.45, 2.75) is 71.6 Å². The molecular weight excluding hydrogens is 330 g/mol. The average molecular weight is 361 g/mol. The van der Waals surface area contributed by atoms with Crippen LogP contribution in [0, 0.1) is 16.0 Å².